The third kappa shape index (κ3) is 2.39. The number of para-hydroxylation sites is 1. The fourth-order valence-electron chi connectivity index (χ4n) is 2.92. The zero-order valence-electron chi connectivity index (χ0n) is 13.2. The first-order chi connectivity index (χ1) is 12.5. The van der Waals surface area contributed by atoms with Crippen LogP contribution in [0.5, 0.6) is 0 Å². The van der Waals surface area contributed by atoms with Gasteiger partial charge < -0.3 is 9.52 Å². The van der Waals surface area contributed by atoms with Crippen LogP contribution in [0.2, 0.25) is 0 Å². The largest absolute Gasteiger partial charge is 0.478 e. The number of aromatic amines is 1. The van der Waals surface area contributed by atoms with Crippen molar-refractivity contribution in [3.8, 4) is 0 Å². The number of H-pyrrole nitrogens is 1. The summed E-state index contributed by atoms with van der Waals surface area (Å²) in [5.74, 6) is -2.28. The number of nitrogens with zero attached hydrogens (tertiary/aromatic N) is 1. The Morgan fingerprint density at radius 3 is 2.73 bits per heavy atom. The summed E-state index contributed by atoms with van der Waals surface area (Å²) in [7, 11) is 0. The fraction of sp³-hybridized carbons (Fsp3) is 0.0556. The normalized spacial score (nSPS) is 11.3. The summed E-state index contributed by atoms with van der Waals surface area (Å²) >= 11 is 0. The molecule has 0 spiro atoms. The van der Waals surface area contributed by atoms with Crippen molar-refractivity contribution in [3.05, 3.63) is 80.2 Å². The minimum atomic E-state index is -1.41. The van der Waals surface area contributed by atoms with Crippen LogP contribution in [-0.2, 0) is 6.54 Å². The van der Waals surface area contributed by atoms with Crippen molar-refractivity contribution in [3.63, 3.8) is 0 Å². The van der Waals surface area contributed by atoms with Gasteiger partial charge in [-0.15, -0.1) is 0 Å². The van der Waals surface area contributed by atoms with Gasteiger partial charge in [-0.1, -0.05) is 24.3 Å². The van der Waals surface area contributed by atoms with Gasteiger partial charge in [0.1, 0.15) is 16.8 Å². The average molecular weight is 354 g/mol. The molecule has 0 saturated carbocycles. The molecule has 0 aliphatic heterocycles. The van der Waals surface area contributed by atoms with Gasteiger partial charge in [-0.25, -0.2) is 14.0 Å². The first-order valence-corrected chi connectivity index (χ1v) is 7.62. The molecule has 0 aliphatic rings. The van der Waals surface area contributed by atoms with Gasteiger partial charge in [-0.2, -0.15) is 0 Å². The highest BCUT2D eigenvalue weighted by Gasteiger charge is 2.17. The van der Waals surface area contributed by atoms with Crippen molar-refractivity contribution in [2.45, 2.75) is 6.54 Å². The van der Waals surface area contributed by atoms with Crippen molar-refractivity contribution >= 4 is 28.0 Å². The molecular weight excluding hydrogens is 343 g/mol. The first-order valence-electron chi connectivity index (χ1n) is 7.62. The van der Waals surface area contributed by atoms with Crippen LogP contribution in [0.4, 0.5) is 4.39 Å². The number of hydrogen-bond acceptors (Lipinski definition) is 4. The lowest BCUT2D eigenvalue weighted by molar-refractivity contribution is 0.0691. The third-order valence-corrected chi connectivity index (χ3v) is 4.12. The summed E-state index contributed by atoms with van der Waals surface area (Å²) in [6.45, 7) is -0.0908. The Morgan fingerprint density at radius 1 is 1.19 bits per heavy atom. The van der Waals surface area contributed by atoms with E-state index in [9.17, 15) is 18.8 Å². The van der Waals surface area contributed by atoms with Gasteiger partial charge in [0.15, 0.2) is 0 Å². The number of nitrogens with one attached hydrogen (secondary N) is 1. The molecule has 0 saturated heterocycles. The molecule has 8 heteroatoms. The number of fused-ring (bicyclic) bond motifs is 3. The van der Waals surface area contributed by atoms with Crippen LogP contribution >= 0.6 is 0 Å². The molecular formula is C18H11FN2O5. The van der Waals surface area contributed by atoms with Crippen molar-refractivity contribution in [2.75, 3.05) is 0 Å². The van der Waals surface area contributed by atoms with E-state index in [4.69, 9.17) is 9.52 Å². The molecule has 0 atom stereocenters. The Balaban J connectivity index is 1.95. The Kier molecular flexibility index (Phi) is 3.47. The van der Waals surface area contributed by atoms with E-state index in [1.54, 1.807) is 24.3 Å². The van der Waals surface area contributed by atoms with Crippen LogP contribution < -0.4 is 11.2 Å². The SMILES string of the molecule is O=C(O)c1cc(Cn2c(=O)[nH]c(=O)c3c4ccccc4oc32)ccc1F. The quantitative estimate of drug-likeness (QED) is 0.587. The Hall–Kier alpha value is -3.68. The molecule has 0 unspecified atom stereocenters. The highest BCUT2D eigenvalue weighted by atomic mass is 19.1. The number of aromatic carboxylic acids is 1. The number of rotatable bonds is 3. The second kappa shape index (κ2) is 5.69. The smallest absolute Gasteiger partial charge is 0.338 e. The maximum Gasteiger partial charge on any atom is 0.338 e. The summed E-state index contributed by atoms with van der Waals surface area (Å²) in [5.41, 5.74) is -0.890. The van der Waals surface area contributed by atoms with Crippen molar-refractivity contribution in [1.29, 1.82) is 0 Å². The zero-order valence-corrected chi connectivity index (χ0v) is 13.2. The van der Waals surface area contributed by atoms with Gasteiger partial charge in [0.2, 0.25) is 5.71 Å². The maximum atomic E-state index is 13.6. The van der Waals surface area contributed by atoms with Crippen LogP contribution in [0.1, 0.15) is 15.9 Å². The van der Waals surface area contributed by atoms with Gasteiger partial charge in [0.25, 0.3) is 5.56 Å². The molecule has 2 aromatic heterocycles. The van der Waals surface area contributed by atoms with Gasteiger partial charge in [-0.05, 0) is 23.8 Å². The number of carbonyl (C=O) groups is 1. The van der Waals surface area contributed by atoms with Crippen LogP contribution in [0.25, 0.3) is 22.1 Å². The number of benzene rings is 2. The summed E-state index contributed by atoms with van der Waals surface area (Å²) in [5, 5.41) is 9.82. The Morgan fingerprint density at radius 2 is 1.96 bits per heavy atom. The lowest BCUT2D eigenvalue weighted by Crippen LogP contribution is -2.30. The van der Waals surface area contributed by atoms with E-state index < -0.39 is 28.6 Å². The number of hydrogen-bond donors (Lipinski definition) is 2. The maximum absolute atomic E-state index is 13.6. The fourth-order valence-corrected chi connectivity index (χ4v) is 2.92. The van der Waals surface area contributed by atoms with Crippen molar-refractivity contribution in [2.24, 2.45) is 0 Å². The van der Waals surface area contributed by atoms with Crippen LogP contribution in [0.15, 0.2) is 56.5 Å². The van der Waals surface area contributed by atoms with Gasteiger partial charge in [-0.3, -0.25) is 14.3 Å². The molecule has 7 nitrogen and oxygen atoms in total. The van der Waals surface area contributed by atoms with E-state index in [2.05, 4.69) is 4.98 Å². The summed E-state index contributed by atoms with van der Waals surface area (Å²) < 4.78 is 20.4. The van der Waals surface area contributed by atoms with Gasteiger partial charge >= 0.3 is 11.7 Å². The Labute approximate surface area is 143 Å². The monoisotopic (exact) mass is 354 g/mol. The molecule has 4 aromatic rings. The first kappa shape index (κ1) is 15.8. The van der Waals surface area contributed by atoms with E-state index in [0.717, 1.165) is 12.1 Å². The number of carboxylic acid groups (broad SMARTS) is 1. The topological polar surface area (TPSA) is 105 Å². The van der Waals surface area contributed by atoms with Gasteiger partial charge in [0.05, 0.1) is 12.1 Å². The highest BCUT2D eigenvalue weighted by Crippen LogP contribution is 2.25. The average Bonchev–Trinajstić information content (AvgIpc) is 2.99. The molecule has 0 aliphatic carbocycles. The molecule has 26 heavy (non-hydrogen) atoms. The van der Waals surface area contributed by atoms with E-state index in [1.165, 1.54) is 10.6 Å². The molecule has 130 valence electrons. The predicted molar refractivity (Wildman–Crippen MR) is 91.1 cm³/mol. The van der Waals surface area contributed by atoms with Crippen LogP contribution in [0.3, 0.4) is 0 Å². The molecule has 0 radical (unpaired) electrons. The van der Waals surface area contributed by atoms with E-state index in [-0.39, 0.29) is 17.6 Å². The lowest BCUT2D eigenvalue weighted by Gasteiger charge is -2.07. The second-order valence-corrected chi connectivity index (χ2v) is 5.74. The molecule has 0 amide bonds. The molecule has 0 bridgehead atoms. The zero-order chi connectivity index (χ0) is 18.4. The summed E-state index contributed by atoms with van der Waals surface area (Å²) in [6.07, 6.45) is 0. The lowest BCUT2D eigenvalue weighted by atomic mass is 10.1. The molecule has 2 N–H and O–H groups in total. The van der Waals surface area contributed by atoms with Crippen molar-refractivity contribution < 1.29 is 18.7 Å². The van der Waals surface area contributed by atoms with E-state index >= 15 is 0 Å². The highest BCUT2D eigenvalue weighted by molar-refractivity contribution is 6.03. The Bertz CT molecular complexity index is 1300. The van der Waals surface area contributed by atoms with Crippen LogP contribution in [-0.4, -0.2) is 20.6 Å². The minimum absolute atomic E-state index is 0.0705. The predicted octanol–water partition coefficient (Wildman–Crippen LogP) is 2.32. The van der Waals surface area contributed by atoms with E-state index in [0.29, 0.717) is 16.5 Å². The summed E-state index contributed by atoms with van der Waals surface area (Å²) in [4.78, 5) is 37.8. The number of aromatic nitrogens is 2. The van der Waals surface area contributed by atoms with Crippen LogP contribution in [0, 0.1) is 5.82 Å². The van der Waals surface area contributed by atoms with Crippen molar-refractivity contribution in [1.82, 2.24) is 9.55 Å². The number of carboxylic acids is 1. The van der Waals surface area contributed by atoms with E-state index in [1.807, 2.05) is 0 Å². The third-order valence-electron chi connectivity index (χ3n) is 4.12. The van der Waals surface area contributed by atoms with Gasteiger partial charge in [0, 0.05) is 5.39 Å². The molecule has 2 heterocycles. The number of halogens is 1. The summed E-state index contributed by atoms with van der Waals surface area (Å²) in [6, 6.07) is 10.4. The molecule has 2 aromatic carbocycles. The number of furan rings is 1. The second-order valence-electron chi connectivity index (χ2n) is 5.74. The minimum Gasteiger partial charge on any atom is -0.478 e. The molecule has 0 fully saturated rings. The standard InChI is InChI=1S/C18H11FN2O5/c19-12-6-5-9(7-11(12)17(23)24)8-21-16-14(15(22)20-18(21)25)10-3-1-2-4-13(10)26-16/h1-7H,8H2,(H,23,24)(H,20,22,25). The molecule has 4 rings (SSSR count).